The lowest BCUT2D eigenvalue weighted by atomic mass is 10.2. The van der Waals surface area contributed by atoms with Gasteiger partial charge in [-0.1, -0.05) is 27.5 Å². The zero-order chi connectivity index (χ0) is 19.6. The van der Waals surface area contributed by atoms with Gasteiger partial charge >= 0.3 is 0 Å². The molecule has 2 aromatic rings. The van der Waals surface area contributed by atoms with Crippen molar-refractivity contribution in [3.05, 3.63) is 52.0 Å². The molecule has 0 fully saturated rings. The molecule has 8 heteroatoms. The van der Waals surface area contributed by atoms with E-state index >= 15 is 0 Å². The summed E-state index contributed by atoms with van der Waals surface area (Å²) in [5.74, 6) is 0.365. The lowest BCUT2D eigenvalue weighted by Gasteiger charge is -2.11. The summed E-state index contributed by atoms with van der Waals surface area (Å²) in [6.45, 7) is 0.704. The second-order valence-corrected chi connectivity index (χ2v) is 7.03. The van der Waals surface area contributed by atoms with Gasteiger partial charge in [0.15, 0.2) is 0 Å². The van der Waals surface area contributed by atoms with Crippen LogP contribution >= 0.6 is 27.5 Å². The van der Waals surface area contributed by atoms with Crippen LogP contribution in [0.25, 0.3) is 0 Å². The van der Waals surface area contributed by atoms with Gasteiger partial charge in [0, 0.05) is 41.1 Å². The minimum Gasteiger partial charge on any atom is -0.495 e. The second-order valence-electron chi connectivity index (χ2n) is 5.68. The molecule has 0 atom stereocenters. The number of ether oxygens (including phenoxy) is 1. The molecule has 0 heterocycles. The number of benzene rings is 2. The van der Waals surface area contributed by atoms with Crippen LogP contribution in [0, 0.1) is 0 Å². The van der Waals surface area contributed by atoms with Crippen LogP contribution in [0.3, 0.4) is 0 Å². The Morgan fingerprint density at radius 3 is 2.44 bits per heavy atom. The predicted molar refractivity (Wildman–Crippen MR) is 112 cm³/mol. The molecule has 0 radical (unpaired) electrons. The molecule has 6 nitrogen and oxygen atoms in total. The Morgan fingerprint density at radius 1 is 1.04 bits per heavy atom. The molecule has 3 N–H and O–H groups in total. The van der Waals surface area contributed by atoms with Crippen molar-refractivity contribution in [2.75, 3.05) is 30.8 Å². The van der Waals surface area contributed by atoms with E-state index in [9.17, 15) is 9.59 Å². The third-order valence-corrected chi connectivity index (χ3v) is 4.40. The lowest BCUT2D eigenvalue weighted by Crippen LogP contribution is -2.29. The van der Waals surface area contributed by atoms with Crippen LogP contribution in [0.15, 0.2) is 46.9 Å². The first kappa shape index (κ1) is 21.1. The molecule has 2 amide bonds. The topological polar surface area (TPSA) is 79.5 Å². The Hall–Kier alpha value is -2.25. The summed E-state index contributed by atoms with van der Waals surface area (Å²) in [4.78, 5) is 23.8. The Balaban J connectivity index is 1.65. The van der Waals surface area contributed by atoms with E-state index in [-0.39, 0.29) is 31.2 Å². The van der Waals surface area contributed by atoms with Gasteiger partial charge < -0.3 is 20.7 Å². The van der Waals surface area contributed by atoms with E-state index in [1.165, 1.54) is 0 Å². The van der Waals surface area contributed by atoms with Crippen LogP contribution in [-0.4, -0.2) is 32.0 Å². The average Bonchev–Trinajstić information content (AvgIpc) is 2.64. The first-order chi connectivity index (χ1) is 13.0. The zero-order valence-electron chi connectivity index (χ0n) is 14.9. The number of carbonyl (C=O) groups is 2. The van der Waals surface area contributed by atoms with Gasteiger partial charge in [-0.2, -0.15) is 0 Å². The Bertz CT molecular complexity index is 784. The predicted octanol–water partition coefficient (Wildman–Crippen LogP) is 4.06. The molecule has 2 rings (SSSR count). The molecule has 0 unspecified atom stereocenters. The number of hydrogen-bond acceptors (Lipinski definition) is 4. The van der Waals surface area contributed by atoms with E-state index in [1.54, 1.807) is 37.4 Å². The number of hydrogen-bond donors (Lipinski definition) is 3. The van der Waals surface area contributed by atoms with Gasteiger partial charge in [-0.05, 0) is 42.5 Å². The van der Waals surface area contributed by atoms with Gasteiger partial charge in [0.05, 0.1) is 12.8 Å². The first-order valence-corrected chi connectivity index (χ1v) is 9.54. The zero-order valence-corrected chi connectivity index (χ0v) is 17.2. The Morgan fingerprint density at radius 2 is 1.74 bits per heavy atom. The van der Waals surface area contributed by atoms with Gasteiger partial charge in [0.2, 0.25) is 11.8 Å². The summed E-state index contributed by atoms with van der Waals surface area (Å²) in [7, 11) is 1.57. The maximum atomic E-state index is 11.9. The number of halogens is 2. The maximum absolute atomic E-state index is 11.9. The standard InChI is InChI=1S/C19H21BrClN3O3/c1-27-17-7-4-14(21)12-16(17)22-10-8-18(25)23-11-9-19(26)24-15-5-2-13(20)3-6-15/h2-7,12,22H,8-11H2,1H3,(H,23,25)(H,24,26). The Kier molecular flexibility index (Phi) is 8.42. The summed E-state index contributed by atoms with van der Waals surface area (Å²) in [5, 5.41) is 9.21. The largest absolute Gasteiger partial charge is 0.495 e. The number of amides is 2. The quantitative estimate of drug-likeness (QED) is 0.534. The van der Waals surface area contributed by atoms with E-state index in [4.69, 9.17) is 16.3 Å². The van der Waals surface area contributed by atoms with Crippen LogP contribution in [0.5, 0.6) is 5.75 Å². The first-order valence-electron chi connectivity index (χ1n) is 8.37. The third-order valence-electron chi connectivity index (χ3n) is 3.63. The fraction of sp³-hybridized carbons (Fsp3) is 0.263. The van der Waals surface area contributed by atoms with Crippen molar-refractivity contribution in [1.29, 1.82) is 0 Å². The highest BCUT2D eigenvalue weighted by molar-refractivity contribution is 9.10. The number of carbonyl (C=O) groups excluding carboxylic acids is 2. The highest BCUT2D eigenvalue weighted by atomic mass is 79.9. The normalized spacial score (nSPS) is 10.2. The minimum absolute atomic E-state index is 0.139. The molecule has 0 aliphatic carbocycles. The van der Waals surface area contributed by atoms with E-state index in [0.29, 0.717) is 23.0 Å². The summed E-state index contributed by atoms with van der Waals surface area (Å²) >= 11 is 9.30. The van der Waals surface area contributed by atoms with Gasteiger partial charge in [0.25, 0.3) is 0 Å². The van der Waals surface area contributed by atoms with Gasteiger partial charge in [-0.25, -0.2) is 0 Å². The number of rotatable bonds is 9. The minimum atomic E-state index is -0.153. The van der Waals surface area contributed by atoms with Crippen LogP contribution in [0.2, 0.25) is 5.02 Å². The highest BCUT2D eigenvalue weighted by Crippen LogP contribution is 2.27. The van der Waals surface area contributed by atoms with Crippen molar-refractivity contribution < 1.29 is 14.3 Å². The van der Waals surface area contributed by atoms with E-state index in [1.807, 2.05) is 12.1 Å². The SMILES string of the molecule is COc1ccc(Cl)cc1NCCC(=O)NCCC(=O)Nc1ccc(Br)cc1. The number of anilines is 2. The van der Waals surface area contributed by atoms with Crippen molar-refractivity contribution in [3.63, 3.8) is 0 Å². The molecule has 0 aromatic heterocycles. The molecule has 0 spiro atoms. The molecule has 0 bridgehead atoms. The van der Waals surface area contributed by atoms with E-state index in [0.717, 1.165) is 10.2 Å². The van der Waals surface area contributed by atoms with Crippen molar-refractivity contribution in [2.24, 2.45) is 0 Å². The van der Waals surface area contributed by atoms with Crippen molar-refractivity contribution in [2.45, 2.75) is 12.8 Å². The van der Waals surface area contributed by atoms with Crippen molar-refractivity contribution in [1.82, 2.24) is 5.32 Å². The average molecular weight is 455 g/mol. The Labute approximate surface area is 171 Å². The molecule has 27 heavy (non-hydrogen) atoms. The van der Waals surface area contributed by atoms with Crippen molar-refractivity contribution >= 4 is 50.7 Å². The molecule has 2 aromatic carbocycles. The van der Waals surface area contributed by atoms with Gasteiger partial charge in [0.1, 0.15) is 5.75 Å². The third kappa shape index (κ3) is 7.48. The van der Waals surface area contributed by atoms with E-state index in [2.05, 4.69) is 31.9 Å². The molecular weight excluding hydrogens is 434 g/mol. The fourth-order valence-corrected chi connectivity index (χ4v) is 2.73. The summed E-state index contributed by atoms with van der Waals surface area (Å²) in [6, 6.07) is 12.5. The van der Waals surface area contributed by atoms with Crippen LogP contribution in [-0.2, 0) is 9.59 Å². The van der Waals surface area contributed by atoms with Crippen LogP contribution in [0.1, 0.15) is 12.8 Å². The maximum Gasteiger partial charge on any atom is 0.226 e. The van der Waals surface area contributed by atoms with Crippen molar-refractivity contribution in [3.8, 4) is 5.75 Å². The molecular formula is C19H21BrClN3O3. The summed E-state index contributed by atoms with van der Waals surface area (Å²) in [5.41, 5.74) is 1.45. The molecule has 144 valence electrons. The monoisotopic (exact) mass is 453 g/mol. The number of nitrogens with one attached hydrogen (secondary N) is 3. The van der Waals surface area contributed by atoms with Crippen LogP contribution in [0.4, 0.5) is 11.4 Å². The smallest absolute Gasteiger partial charge is 0.226 e. The fourth-order valence-electron chi connectivity index (χ4n) is 2.29. The highest BCUT2D eigenvalue weighted by Gasteiger charge is 2.07. The molecule has 0 aliphatic rings. The lowest BCUT2D eigenvalue weighted by molar-refractivity contribution is -0.121. The van der Waals surface area contributed by atoms with E-state index < -0.39 is 0 Å². The molecule has 0 aliphatic heterocycles. The van der Waals surface area contributed by atoms with Gasteiger partial charge in [-0.3, -0.25) is 9.59 Å². The van der Waals surface area contributed by atoms with Gasteiger partial charge in [-0.15, -0.1) is 0 Å². The summed E-state index contributed by atoms with van der Waals surface area (Å²) < 4.78 is 6.18. The summed E-state index contributed by atoms with van der Waals surface area (Å²) in [6.07, 6.45) is 0.474. The molecule has 0 saturated heterocycles. The second kappa shape index (κ2) is 10.8. The number of methoxy groups -OCH3 is 1. The molecule has 0 saturated carbocycles. The van der Waals surface area contributed by atoms with Crippen LogP contribution < -0.4 is 20.7 Å².